The van der Waals surface area contributed by atoms with Gasteiger partial charge in [-0.1, -0.05) is 62.4 Å². The van der Waals surface area contributed by atoms with E-state index in [9.17, 15) is 14.7 Å². The van der Waals surface area contributed by atoms with E-state index in [1.807, 2.05) is 31.1 Å². The third-order valence-electron chi connectivity index (χ3n) is 11.0. The van der Waals surface area contributed by atoms with Crippen LogP contribution in [0.2, 0.25) is 0 Å². The normalized spacial score (nSPS) is 26.0. The first kappa shape index (κ1) is 29.2. The Hall–Kier alpha value is -4.96. The van der Waals surface area contributed by atoms with Crippen LogP contribution in [-0.2, 0) is 4.79 Å². The molecule has 0 radical (unpaired) electrons. The number of H-pyrrole nitrogens is 2. The Morgan fingerprint density at radius 3 is 2.33 bits per heavy atom. The van der Waals surface area contributed by atoms with Crippen LogP contribution in [-0.4, -0.2) is 60.1 Å². The smallest absolute Gasteiger partial charge is 0.405 e. The van der Waals surface area contributed by atoms with Crippen LogP contribution in [0.1, 0.15) is 63.3 Å². The van der Waals surface area contributed by atoms with Gasteiger partial charge in [0.1, 0.15) is 17.7 Å². The molecule has 10 heteroatoms. The molecule has 7 atom stereocenters. The molecular formula is C38H39N7O3. The van der Waals surface area contributed by atoms with Crippen molar-refractivity contribution in [3.63, 3.8) is 0 Å². The zero-order valence-electron chi connectivity index (χ0n) is 27.0. The van der Waals surface area contributed by atoms with E-state index in [1.165, 1.54) is 12.8 Å². The number of aromatic amines is 2. The summed E-state index contributed by atoms with van der Waals surface area (Å²) in [5, 5.41) is 17.7. The van der Waals surface area contributed by atoms with Crippen LogP contribution in [0.4, 0.5) is 4.79 Å². The average Bonchev–Trinajstić information content (AvgIpc) is 3.65. The molecule has 4 aliphatic rings. The molecule has 4 fully saturated rings. The van der Waals surface area contributed by atoms with E-state index in [-0.39, 0.29) is 23.9 Å². The Morgan fingerprint density at radius 1 is 0.875 bits per heavy atom. The number of carbonyl (C=O) groups excluding carboxylic acids is 1. The summed E-state index contributed by atoms with van der Waals surface area (Å²) in [4.78, 5) is 43.4. The van der Waals surface area contributed by atoms with Crippen molar-refractivity contribution in [3.05, 3.63) is 84.7 Å². The highest BCUT2D eigenvalue weighted by Gasteiger charge is 2.56. The first-order chi connectivity index (χ1) is 23.3. The second-order valence-electron chi connectivity index (χ2n) is 14.5. The van der Waals surface area contributed by atoms with Gasteiger partial charge in [-0.05, 0) is 83.0 Å². The van der Waals surface area contributed by atoms with Crippen molar-refractivity contribution < 1.29 is 14.7 Å². The zero-order chi connectivity index (χ0) is 32.7. The maximum atomic E-state index is 13.6. The summed E-state index contributed by atoms with van der Waals surface area (Å²) in [6, 6.07) is 21.8. The van der Waals surface area contributed by atoms with Crippen LogP contribution in [0.15, 0.2) is 73.1 Å². The van der Waals surface area contributed by atoms with Gasteiger partial charge >= 0.3 is 6.09 Å². The Kier molecular flexibility index (Phi) is 6.72. The van der Waals surface area contributed by atoms with Crippen molar-refractivity contribution in [3.8, 4) is 33.6 Å². The van der Waals surface area contributed by atoms with E-state index in [4.69, 9.17) is 4.98 Å². The Labute approximate surface area is 278 Å². The molecule has 0 bridgehead atoms. The van der Waals surface area contributed by atoms with Gasteiger partial charge < -0.3 is 30.6 Å². The lowest BCUT2D eigenvalue weighted by Crippen LogP contribution is -2.51. The predicted octanol–water partition coefficient (Wildman–Crippen LogP) is 6.66. The summed E-state index contributed by atoms with van der Waals surface area (Å²) < 4.78 is 0. The summed E-state index contributed by atoms with van der Waals surface area (Å²) in [7, 11) is 0. The number of fused-ring (bicyclic) bond motifs is 3. The Morgan fingerprint density at radius 2 is 1.60 bits per heavy atom. The van der Waals surface area contributed by atoms with E-state index in [1.54, 1.807) is 0 Å². The fourth-order valence-electron chi connectivity index (χ4n) is 8.10. The van der Waals surface area contributed by atoms with Gasteiger partial charge in [0.2, 0.25) is 5.91 Å². The largest absolute Gasteiger partial charge is 0.465 e. The van der Waals surface area contributed by atoms with Crippen LogP contribution in [0.25, 0.3) is 44.4 Å². The number of carboxylic acid groups (broad SMARTS) is 1. The van der Waals surface area contributed by atoms with Crippen LogP contribution < -0.4 is 10.6 Å². The molecule has 2 amide bonds. The molecule has 2 aliphatic heterocycles. The molecule has 9 rings (SSSR count). The summed E-state index contributed by atoms with van der Waals surface area (Å²) >= 11 is 0. The van der Waals surface area contributed by atoms with Gasteiger partial charge in [-0.25, -0.2) is 14.8 Å². The summed E-state index contributed by atoms with van der Waals surface area (Å²) in [5.74, 6) is 2.75. The molecule has 2 saturated heterocycles. The Balaban J connectivity index is 0.911. The van der Waals surface area contributed by atoms with Crippen molar-refractivity contribution in [1.82, 2.24) is 35.5 Å². The SMILES string of the molecule is CC(C)[C@H](NC(=O)O)C(=O)N1[C@@H]2C[C@@H]2C[C@H]1c1nc(-c2ccc3cc(-c4ccc(-c5cnc([C@@H]6C[C@@H]7C[C@H]7N6)[nH]5)cc4)ccc3c2)c[nH]1. The number of hydrogen-bond donors (Lipinski definition) is 5. The van der Waals surface area contributed by atoms with Gasteiger partial charge in [0, 0.05) is 23.8 Å². The second kappa shape index (κ2) is 11.1. The summed E-state index contributed by atoms with van der Waals surface area (Å²) in [6.45, 7) is 3.73. The first-order valence-electron chi connectivity index (χ1n) is 17.1. The molecule has 4 heterocycles. The quantitative estimate of drug-likeness (QED) is 0.128. The monoisotopic (exact) mass is 641 g/mol. The highest BCUT2D eigenvalue weighted by atomic mass is 16.4. The molecule has 3 aromatic carbocycles. The molecule has 10 nitrogen and oxygen atoms in total. The number of hydrogen-bond acceptors (Lipinski definition) is 5. The first-order valence-corrected chi connectivity index (χ1v) is 17.1. The van der Waals surface area contributed by atoms with Gasteiger partial charge in [-0.2, -0.15) is 0 Å². The predicted molar refractivity (Wildman–Crippen MR) is 183 cm³/mol. The molecule has 244 valence electrons. The minimum absolute atomic E-state index is 0.154. The van der Waals surface area contributed by atoms with E-state index >= 15 is 0 Å². The molecule has 0 spiro atoms. The standard InChI is InChI=1S/C38H39N7O3/c1-19(2)34(44-38(47)48)37(46)45-32-15-27(32)16-33(45)36-40-18-31(43-36)25-10-9-23-11-22(7-8-24(23)12-25)20-3-5-21(6-4-20)30-17-39-35(42-30)29-14-26-13-28(26)41-29/h3-12,17-19,26-29,32-34,41,44H,13-16H2,1-2H3,(H,39,42)(H,40,43)(H,47,48)/t26-,27+,28+,29-,32+,33-,34-/m0/s1. The summed E-state index contributed by atoms with van der Waals surface area (Å²) in [5.41, 5.74) is 6.32. The fraction of sp³-hybridized carbons (Fsp3) is 0.368. The van der Waals surface area contributed by atoms with Crippen LogP contribution in [0.3, 0.4) is 0 Å². The molecule has 2 saturated carbocycles. The van der Waals surface area contributed by atoms with E-state index in [0.717, 1.165) is 74.8 Å². The number of piperidine rings is 2. The second-order valence-corrected chi connectivity index (χ2v) is 14.5. The summed E-state index contributed by atoms with van der Waals surface area (Å²) in [6.07, 6.45) is 6.97. The van der Waals surface area contributed by atoms with E-state index in [2.05, 4.69) is 86.2 Å². The lowest BCUT2D eigenvalue weighted by Gasteiger charge is -2.31. The van der Waals surface area contributed by atoms with Crippen LogP contribution in [0.5, 0.6) is 0 Å². The van der Waals surface area contributed by atoms with Crippen molar-refractivity contribution in [2.45, 2.75) is 69.7 Å². The number of carbonyl (C=O) groups is 2. The molecule has 48 heavy (non-hydrogen) atoms. The average molecular weight is 642 g/mol. The number of nitrogens with zero attached hydrogens (tertiary/aromatic N) is 3. The van der Waals surface area contributed by atoms with Gasteiger partial charge in [-0.15, -0.1) is 0 Å². The lowest BCUT2D eigenvalue weighted by molar-refractivity contribution is -0.136. The van der Waals surface area contributed by atoms with Crippen LogP contribution in [0, 0.1) is 17.8 Å². The Bertz CT molecular complexity index is 2040. The van der Waals surface area contributed by atoms with Gasteiger partial charge in [-0.3, -0.25) is 4.79 Å². The van der Waals surface area contributed by atoms with Gasteiger partial charge in [0.15, 0.2) is 0 Å². The maximum absolute atomic E-state index is 13.6. The van der Waals surface area contributed by atoms with Gasteiger partial charge in [0.05, 0.1) is 29.7 Å². The molecule has 0 unspecified atom stereocenters. The van der Waals surface area contributed by atoms with Crippen molar-refractivity contribution in [2.75, 3.05) is 0 Å². The molecule has 2 aliphatic carbocycles. The number of imidazole rings is 2. The third-order valence-corrected chi connectivity index (χ3v) is 11.0. The van der Waals surface area contributed by atoms with E-state index < -0.39 is 12.1 Å². The number of nitrogens with one attached hydrogen (secondary N) is 4. The number of benzene rings is 3. The van der Waals surface area contributed by atoms with Crippen molar-refractivity contribution in [1.29, 1.82) is 0 Å². The van der Waals surface area contributed by atoms with Crippen molar-refractivity contribution >= 4 is 22.8 Å². The molecule has 5 N–H and O–H groups in total. The van der Waals surface area contributed by atoms with Crippen LogP contribution >= 0.6 is 0 Å². The van der Waals surface area contributed by atoms with Gasteiger partial charge in [0.25, 0.3) is 0 Å². The molecule has 5 aromatic rings. The zero-order valence-corrected chi connectivity index (χ0v) is 27.0. The van der Waals surface area contributed by atoms with E-state index in [0.29, 0.717) is 18.0 Å². The maximum Gasteiger partial charge on any atom is 0.405 e. The highest BCUT2D eigenvalue weighted by molar-refractivity contribution is 5.91. The number of likely N-dealkylation sites (tertiary alicyclic amines) is 1. The number of amides is 2. The number of rotatable bonds is 8. The lowest BCUT2D eigenvalue weighted by atomic mass is 9.98. The minimum atomic E-state index is -1.18. The highest BCUT2D eigenvalue weighted by Crippen LogP contribution is 2.53. The molecular weight excluding hydrogens is 602 g/mol. The minimum Gasteiger partial charge on any atom is -0.465 e. The topological polar surface area (TPSA) is 139 Å². The third kappa shape index (κ3) is 5.15. The van der Waals surface area contributed by atoms with Crippen molar-refractivity contribution in [2.24, 2.45) is 17.8 Å². The fourth-order valence-corrected chi connectivity index (χ4v) is 8.10. The molecule has 2 aromatic heterocycles. The number of aromatic nitrogens is 4.